The maximum Gasteiger partial charge on any atom is 0.0801 e. The molecule has 0 aliphatic rings. The predicted octanol–water partition coefficient (Wildman–Crippen LogP) is 4.07. The zero-order valence-corrected chi connectivity index (χ0v) is 9.97. The molecule has 0 fully saturated rings. The second-order valence-electron chi connectivity index (χ2n) is 3.71. The highest BCUT2D eigenvalue weighted by atomic mass is 32.1. The van der Waals surface area contributed by atoms with E-state index in [1.54, 1.807) is 11.3 Å². The van der Waals surface area contributed by atoms with Crippen molar-refractivity contribution in [3.05, 3.63) is 41.0 Å². The summed E-state index contributed by atoms with van der Waals surface area (Å²) < 4.78 is 0. The predicted molar refractivity (Wildman–Crippen MR) is 66.3 cm³/mol. The van der Waals surface area contributed by atoms with Gasteiger partial charge in [0.25, 0.3) is 0 Å². The van der Waals surface area contributed by atoms with Gasteiger partial charge < -0.3 is 0 Å². The van der Waals surface area contributed by atoms with E-state index in [1.165, 1.54) is 28.8 Å². The van der Waals surface area contributed by atoms with Crippen LogP contribution in [-0.4, -0.2) is 4.98 Å². The summed E-state index contributed by atoms with van der Waals surface area (Å²) in [5, 5.41) is 0. The number of benzene rings is 1. The fraction of sp³-hybridized carbons (Fsp3) is 0.308. The summed E-state index contributed by atoms with van der Waals surface area (Å²) in [6.45, 7) is 4.27. The van der Waals surface area contributed by atoms with Crippen LogP contribution < -0.4 is 0 Å². The molecule has 2 rings (SSSR count). The van der Waals surface area contributed by atoms with Crippen molar-refractivity contribution < 1.29 is 0 Å². The molecular weight excluding hydrogens is 202 g/mol. The Bertz CT molecular complexity index is 428. The monoisotopic (exact) mass is 217 g/mol. The van der Waals surface area contributed by atoms with Gasteiger partial charge in [-0.3, -0.25) is 0 Å². The van der Waals surface area contributed by atoms with Crippen molar-refractivity contribution >= 4 is 11.3 Å². The smallest absolute Gasteiger partial charge is 0.0801 e. The van der Waals surface area contributed by atoms with Crippen molar-refractivity contribution in [2.24, 2.45) is 0 Å². The van der Waals surface area contributed by atoms with Crippen LogP contribution in [0.2, 0.25) is 0 Å². The van der Waals surface area contributed by atoms with Crippen LogP contribution in [0.3, 0.4) is 0 Å². The van der Waals surface area contributed by atoms with Gasteiger partial charge in [0.05, 0.1) is 16.1 Å². The second kappa shape index (κ2) is 4.58. The van der Waals surface area contributed by atoms with E-state index in [0.29, 0.717) is 0 Å². The second-order valence-corrected chi connectivity index (χ2v) is 4.57. The topological polar surface area (TPSA) is 12.9 Å². The summed E-state index contributed by atoms with van der Waals surface area (Å²) in [6.07, 6.45) is 2.38. The zero-order chi connectivity index (χ0) is 10.7. The van der Waals surface area contributed by atoms with Crippen LogP contribution in [0.1, 0.15) is 24.6 Å². The van der Waals surface area contributed by atoms with Gasteiger partial charge in [-0.15, -0.1) is 11.3 Å². The maximum absolute atomic E-state index is 4.27. The van der Waals surface area contributed by atoms with E-state index >= 15 is 0 Å². The molecule has 0 aliphatic heterocycles. The number of thiazole rings is 1. The quantitative estimate of drug-likeness (QED) is 0.755. The van der Waals surface area contributed by atoms with E-state index in [-0.39, 0.29) is 0 Å². The van der Waals surface area contributed by atoms with Crippen molar-refractivity contribution in [3.8, 4) is 10.4 Å². The Labute approximate surface area is 94.8 Å². The first-order valence-corrected chi connectivity index (χ1v) is 6.18. The van der Waals surface area contributed by atoms with Crippen LogP contribution in [0.15, 0.2) is 29.8 Å². The third-order valence-electron chi connectivity index (χ3n) is 2.50. The van der Waals surface area contributed by atoms with Gasteiger partial charge >= 0.3 is 0 Å². The molecule has 0 saturated carbocycles. The maximum atomic E-state index is 4.27. The summed E-state index contributed by atoms with van der Waals surface area (Å²) in [5.74, 6) is 0. The van der Waals surface area contributed by atoms with Gasteiger partial charge in [0.15, 0.2) is 0 Å². The molecule has 0 spiro atoms. The molecule has 1 aromatic carbocycles. The van der Waals surface area contributed by atoms with Crippen molar-refractivity contribution in [3.63, 3.8) is 0 Å². The lowest BCUT2D eigenvalue weighted by Gasteiger charge is -2.01. The molecule has 2 aromatic rings. The normalized spacial score (nSPS) is 10.5. The molecule has 0 amide bonds. The number of nitrogens with zero attached hydrogens (tertiary/aromatic N) is 1. The van der Waals surface area contributed by atoms with Gasteiger partial charge in [-0.2, -0.15) is 0 Å². The van der Waals surface area contributed by atoms with Crippen molar-refractivity contribution in [2.45, 2.75) is 26.7 Å². The van der Waals surface area contributed by atoms with Crippen LogP contribution in [0.25, 0.3) is 10.4 Å². The van der Waals surface area contributed by atoms with E-state index in [4.69, 9.17) is 0 Å². The van der Waals surface area contributed by atoms with Gasteiger partial charge in [0, 0.05) is 0 Å². The molecule has 78 valence electrons. The number of aryl methyl sites for hydroxylation is 2. The standard InChI is InChI=1S/C13H15NS/c1-3-4-11-5-7-12(8-6-11)13-10(2)14-9-15-13/h5-9H,3-4H2,1-2H3. The highest BCUT2D eigenvalue weighted by Gasteiger charge is 2.03. The molecule has 0 bridgehead atoms. The summed E-state index contributed by atoms with van der Waals surface area (Å²) in [4.78, 5) is 5.56. The van der Waals surface area contributed by atoms with Crippen LogP contribution >= 0.6 is 11.3 Å². The van der Waals surface area contributed by atoms with Crippen LogP contribution in [0.5, 0.6) is 0 Å². The summed E-state index contributed by atoms with van der Waals surface area (Å²) in [7, 11) is 0. The molecule has 0 saturated heterocycles. The van der Waals surface area contributed by atoms with Crippen molar-refractivity contribution in [1.29, 1.82) is 0 Å². The Morgan fingerprint density at radius 2 is 1.93 bits per heavy atom. The highest BCUT2D eigenvalue weighted by molar-refractivity contribution is 7.13. The summed E-state index contributed by atoms with van der Waals surface area (Å²) in [5.41, 5.74) is 5.74. The molecule has 0 atom stereocenters. The molecule has 1 nitrogen and oxygen atoms in total. The van der Waals surface area contributed by atoms with E-state index in [0.717, 1.165) is 5.69 Å². The van der Waals surface area contributed by atoms with Crippen molar-refractivity contribution in [2.75, 3.05) is 0 Å². The molecular formula is C13H15NS. The average molecular weight is 217 g/mol. The molecule has 0 radical (unpaired) electrons. The van der Waals surface area contributed by atoms with E-state index in [9.17, 15) is 0 Å². The lowest BCUT2D eigenvalue weighted by Crippen LogP contribution is -1.83. The molecule has 1 aromatic heterocycles. The average Bonchev–Trinajstić information content (AvgIpc) is 2.66. The Balaban J connectivity index is 2.28. The van der Waals surface area contributed by atoms with Gasteiger partial charge in [-0.25, -0.2) is 4.98 Å². The highest BCUT2D eigenvalue weighted by Crippen LogP contribution is 2.27. The van der Waals surface area contributed by atoms with Gasteiger partial charge in [-0.1, -0.05) is 37.6 Å². The Hall–Kier alpha value is -1.15. The molecule has 0 unspecified atom stereocenters. The zero-order valence-electron chi connectivity index (χ0n) is 9.16. The number of rotatable bonds is 3. The number of hydrogen-bond donors (Lipinski definition) is 0. The Morgan fingerprint density at radius 3 is 2.47 bits per heavy atom. The third kappa shape index (κ3) is 2.26. The van der Waals surface area contributed by atoms with Gasteiger partial charge in [0.2, 0.25) is 0 Å². The lowest BCUT2D eigenvalue weighted by atomic mass is 10.1. The first-order chi connectivity index (χ1) is 7.31. The minimum absolute atomic E-state index is 1.13. The molecule has 1 heterocycles. The Kier molecular flexibility index (Phi) is 3.17. The van der Waals surface area contributed by atoms with E-state index in [2.05, 4.69) is 43.1 Å². The molecule has 0 N–H and O–H groups in total. The summed E-state index contributed by atoms with van der Waals surface area (Å²) >= 11 is 1.71. The van der Waals surface area contributed by atoms with E-state index in [1.807, 2.05) is 5.51 Å². The number of aromatic nitrogens is 1. The minimum atomic E-state index is 1.13. The first kappa shape index (κ1) is 10.4. The first-order valence-electron chi connectivity index (χ1n) is 5.30. The van der Waals surface area contributed by atoms with E-state index < -0.39 is 0 Å². The minimum Gasteiger partial charge on any atom is -0.249 e. The number of hydrogen-bond acceptors (Lipinski definition) is 2. The summed E-state index contributed by atoms with van der Waals surface area (Å²) in [6, 6.07) is 8.84. The van der Waals surface area contributed by atoms with Gasteiger partial charge in [0.1, 0.15) is 0 Å². The van der Waals surface area contributed by atoms with Crippen LogP contribution in [-0.2, 0) is 6.42 Å². The molecule has 0 aliphatic carbocycles. The Morgan fingerprint density at radius 1 is 1.20 bits per heavy atom. The molecule has 15 heavy (non-hydrogen) atoms. The van der Waals surface area contributed by atoms with Crippen LogP contribution in [0.4, 0.5) is 0 Å². The fourth-order valence-electron chi connectivity index (χ4n) is 1.69. The third-order valence-corrected chi connectivity index (χ3v) is 3.48. The SMILES string of the molecule is CCCc1ccc(-c2scnc2C)cc1. The van der Waals surface area contributed by atoms with Crippen molar-refractivity contribution in [1.82, 2.24) is 4.98 Å². The fourth-order valence-corrected chi connectivity index (χ4v) is 2.50. The molecule has 2 heteroatoms. The van der Waals surface area contributed by atoms with Gasteiger partial charge in [-0.05, 0) is 24.5 Å². The lowest BCUT2D eigenvalue weighted by molar-refractivity contribution is 0.922. The van der Waals surface area contributed by atoms with Crippen LogP contribution in [0, 0.1) is 6.92 Å². The largest absolute Gasteiger partial charge is 0.249 e.